The number of thiazole rings is 1. The average Bonchev–Trinajstić information content (AvgIpc) is 2.56. The summed E-state index contributed by atoms with van der Waals surface area (Å²) in [4.78, 5) is 4.31. The van der Waals surface area contributed by atoms with Crippen molar-refractivity contribution in [3.63, 3.8) is 0 Å². The minimum atomic E-state index is -1.79. The average molecular weight is 260 g/mol. The fraction of sp³-hybridized carbons (Fsp3) is 0.125. The topological polar surface area (TPSA) is 76.2 Å². The number of nitrogen functional groups attached to an aromatic ring is 1. The molecule has 15 heavy (non-hydrogen) atoms. The lowest BCUT2D eigenvalue weighted by Crippen LogP contribution is -1.88. The van der Waals surface area contributed by atoms with Gasteiger partial charge in [0.15, 0.2) is 15.4 Å². The Balaban J connectivity index is 2.27. The van der Waals surface area contributed by atoms with Crippen LogP contribution in [-0.2, 0) is 11.1 Å². The van der Waals surface area contributed by atoms with E-state index >= 15 is 0 Å². The monoisotopic (exact) mass is 260 g/mol. The molecule has 4 nitrogen and oxygen atoms in total. The summed E-state index contributed by atoms with van der Waals surface area (Å²) in [7, 11) is 0. The summed E-state index contributed by atoms with van der Waals surface area (Å²) >= 11 is 0.969. The minimum Gasteiger partial charge on any atom is -0.399 e. The van der Waals surface area contributed by atoms with E-state index in [4.69, 9.17) is 10.3 Å². The van der Waals surface area contributed by atoms with Crippen molar-refractivity contribution in [3.8, 4) is 0 Å². The molecule has 0 aliphatic carbocycles. The van der Waals surface area contributed by atoms with E-state index in [1.807, 2.05) is 12.1 Å². The van der Waals surface area contributed by atoms with Gasteiger partial charge in [0.05, 0.1) is 10.2 Å². The fourth-order valence-electron chi connectivity index (χ4n) is 1.08. The van der Waals surface area contributed by atoms with Crippen LogP contribution in [0.2, 0.25) is 0 Å². The van der Waals surface area contributed by atoms with Gasteiger partial charge in [-0.2, -0.15) is 0 Å². The van der Waals surface area contributed by atoms with Crippen LogP contribution < -0.4 is 5.73 Å². The van der Waals surface area contributed by atoms with E-state index in [0.717, 1.165) is 14.6 Å². The maximum Gasteiger partial charge on any atom is 0.163 e. The Morgan fingerprint density at radius 2 is 2.40 bits per heavy atom. The zero-order valence-electron chi connectivity index (χ0n) is 7.54. The van der Waals surface area contributed by atoms with E-state index in [0.29, 0.717) is 5.69 Å². The second-order valence-electron chi connectivity index (χ2n) is 2.79. The van der Waals surface area contributed by atoms with Crippen LogP contribution in [0.3, 0.4) is 0 Å². The number of thioether (sulfide) groups is 1. The SMILES string of the molecule is Nc1ccc2nc(SCS(=O)O)sc2c1. The second kappa shape index (κ2) is 4.48. The van der Waals surface area contributed by atoms with Crippen molar-refractivity contribution in [1.82, 2.24) is 4.98 Å². The third-order valence-corrected chi connectivity index (χ3v) is 4.71. The van der Waals surface area contributed by atoms with E-state index in [1.165, 1.54) is 23.1 Å². The zero-order valence-corrected chi connectivity index (χ0v) is 9.99. The summed E-state index contributed by atoms with van der Waals surface area (Å²) in [5.74, 6) is 0. The largest absolute Gasteiger partial charge is 0.399 e. The maximum atomic E-state index is 10.5. The lowest BCUT2D eigenvalue weighted by Gasteiger charge is -1.89. The molecule has 0 aliphatic heterocycles. The zero-order chi connectivity index (χ0) is 10.8. The number of benzene rings is 1. The van der Waals surface area contributed by atoms with Crippen LogP contribution >= 0.6 is 23.1 Å². The quantitative estimate of drug-likeness (QED) is 0.502. The third kappa shape index (κ3) is 2.69. The van der Waals surface area contributed by atoms with Gasteiger partial charge in [0, 0.05) is 5.69 Å². The molecule has 3 N–H and O–H groups in total. The molecular weight excluding hydrogens is 252 g/mol. The lowest BCUT2D eigenvalue weighted by atomic mass is 10.3. The van der Waals surface area contributed by atoms with E-state index in [1.54, 1.807) is 6.07 Å². The molecule has 0 fully saturated rings. The van der Waals surface area contributed by atoms with E-state index in [9.17, 15) is 4.21 Å². The Morgan fingerprint density at radius 3 is 3.13 bits per heavy atom. The highest BCUT2D eigenvalue weighted by Gasteiger charge is 2.05. The number of anilines is 1. The molecule has 0 bridgehead atoms. The van der Waals surface area contributed by atoms with Crippen LogP contribution in [0.5, 0.6) is 0 Å². The molecule has 2 aromatic rings. The molecule has 1 atom stereocenters. The van der Waals surface area contributed by atoms with Crippen molar-refractivity contribution < 1.29 is 8.76 Å². The number of hydrogen-bond acceptors (Lipinski definition) is 5. The van der Waals surface area contributed by atoms with Crippen molar-refractivity contribution in [1.29, 1.82) is 0 Å². The Kier molecular flexibility index (Phi) is 3.25. The number of rotatable bonds is 3. The molecule has 0 radical (unpaired) electrons. The van der Waals surface area contributed by atoms with Gasteiger partial charge in [0.25, 0.3) is 0 Å². The van der Waals surface area contributed by atoms with Crippen LogP contribution in [0.25, 0.3) is 10.2 Å². The maximum absolute atomic E-state index is 10.5. The summed E-state index contributed by atoms with van der Waals surface area (Å²) < 4.78 is 20.9. The highest BCUT2D eigenvalue weighted by molar-refractivity contribution is 8.10. The van der Waals surface area contributed by atoms with Gasteiger partial charge in [-0.05, 0) is 18.2 Å². The second-order valence-corrected chi connectivity index (χ2v) is 6.34. The molecule has 0 aliphatic rings. The molecule has 7 heteroatoms. The Bertz CT molecular complexity index is 512. The molecule has 1 aromatic carbocycles. The molecule has 0 saturated carbocycles. The summed E-state index contributed by atoms with van der Waals surface area (Å²) in [6.07, 6.45) is 0. The first kappa shape index (κ1) is 10.9. The van der Waals surface area contributed by atoms with Crippen LogP contribution in [0.4, 0.5) is 5.69 Å². The van der Waals surface area contributed by atoms with Gasteiger partial charge in [0.1, 0.15) is 5.08 Å². The van der Waals surface area contributed by atoms with E-state index in [-0.39, 0.29) is 5.08 Å². The summed E-state index contributed by atoms with van der Waals surface area (Å²) in [5, 5.41) is 0.148. The molecule has 80 valence electrons. The summed E-state index contributed by atoms with van der Waals surface area (Å²) in [6.45, 7) is 0. The minimum absolute atomic E-state index is 0.148. The Labute approximate surface area is 97.2 Å². The van der Waals surface area contributed by atoms with E-state index < -0.39 is 11.1 Å². The smallest absolute Gasteiger partial charge is 0.163 e. The van der Waals surface area contributed by atoms with Crippen molar-refractivity contribution in [2.45, 2.75) is 4.34 Å². The number of nitrogens with two attached hydrogens (primary N) is 1. The van der Waals surface area contributed by atoms with Gasteiger partial charge in [-0.3, -0.25) is 0 Å². The van der Waals surface area contributed by atoms with Gasteiger partial charge < -0.3 is 10.3 Å². The van der Waals surface area contributed by atoms with E-state index in [2.05, 4.69) is 4.98 Å². The van der Waals surface area contributed by atoms with Crippen LogP contribution in [0.15, 0.2) is 22.5 Å². The number of fused-ring (bicyclic) bond motifs is 1. The molecule has 0 amide bonds. The Morgan fingerprint density at radius 1 is 1.60 bits per heavy atom. The molecule has 0 spiro atoms. The number of aromatic nitrogens is 1. The highest BCUT2D eigenvalue weighted by Crippen LogP contribution is 2.30. The molecular formula is C8H8N2O2S3. The van der Waals surface area contributed by atoms with Crippen molar-refractivity contribution >= 4 is 50.1 Å². The summed E-state index contributed by atoms with van der Waals surface area (Å²) in [6, 6.07) is 5.49. The van der Waals surface area contributed by atoms with Crippen molar-refractivity contribution in [2.24, 2.45) is 0 Å². The molecule has 1 unspecified atom stereocenters. The lowest BCUT2D eigenvalue weighted by molar-refractivity contribution is 0.569. The standard InChI is InChI=1S/C8H8N2O2S3/c9-5-1-2-6-7(3-5)14-8(10-6)13-4-15(11)12/h1-3H,4,9H2,(H,11,12). The van der Waals surface area contributed by atoms with Crippen LogP contribution in [0.1, 0.15) is 0 Å². The first-order chi connectivity index (χ1) is 7.15. The molecule has 0 saturated heterocycles. The molecule has 2 rings (SSSR count). The van der Waals surface area contributed by atoms with Gasteiger partial charge in [-0.15, -0.1) is 11.3 Å². The predicted octanol–water partition coefficient (Wildman–Crippen LogP) is 2.15. The van der Waals surface area contributed by atoms with Crippen molar-refractivity contribution in [2.75, 3.05) is 10.8 Å². The van der Waals surface area contributed by atoms with Crippen LogP contribution in [-0.4, -0.2) is 18.8 Å². The van der Waals surface area contributed by atoms with Crippen molar-refractivity contribution in [3.05, 3.63) is 18.2 Å². The highest BCUT2D eigenvalue weighted by atomic mass is 32.2. The van der Waals surface area contributed by atoms with Gasteiger partial charge in [-0.1, -0.05) is 11.8 Å². The molecule has 1 heterocycles. The fourth-order valence-corrected chi connectivity index (χ4v) is 3.74. The van der Waals surface area contributed by atoms with Crippen LogP contribution in [0, 0.1) is 0 Å². The van der Waals surface area contributed by atoms with Gasteiger partial charge >= 0.3 is 0 Å². The predicted molar refractivity (Wildman–Crippen MR) is 65.5 cm³/mol. The number of hydrogen-bond donors (Lipinski definition) is 2. The first-order valence-corrected chi connectivity index (χ1v) is 7.09. The number of nitrogens with zero attached hydrogens (tertiary/aromatic N) is 1. The van der Waals surface area contributed by atoms with Gasteiger partial charge in [0.2, 0.25) is 0 Å². The third-order valence-electron chi connectivity index (χ3n) is 1.68. The van der Waals surface area contributed by atoms with Gasteiger partial charge in [-0.25, -0.2) is 9.19 Å². The molecule has 1 aromatic heterocycles. The first-order valence-electron chi connectivity index (χ1n) is 4.01. The summed E-state index contributed by atoms with van der Waals surface area (Å²) in [5.41, 5.74) is 7.22. The Hall–Kier alpha value is -0.630. The normalized spacial score (nSPS) is 13.1.